The number of carboxylic acids is 1. The average Bonchev–Trinajstić information content (AvgIpc) is 2.81. The van der Waals surface area contributed by atoms with E-state index < -0.39 is 5.97 Å². The second kappa shape index (κ2) is 5.94. The minimum atomic E-state index is -0.894. The second-order valence-corrected chi connectivity index (χ2v) is 5.48. The molecule has 3 N–H and O–H groups in total. The molecule has 2 rings (SSSR count). The van der Waals surface area contributed by atoms with Crippen LogP contribution in [-0.2, 0) is 9.59 Å². The number of hydrogen-bond acceptors (Lipinski definition) is 3. The first-order valence-corrected chi connectivity index (χ1v) is 6.84. The standard InChI is InChI=1S/C15H20N2O3/c1-9(2)13(7-14(18)19)17-15(20)11-8-16-12-6-4-3-5-10(11)12/h3-6,9,11,13,16H,7-8H2,1-2H3,(H,17,20)(H,18,19). The van der Waals surface area contributed by atoms with Crippen LogP contribution in [0.2, 0.25) is 0 Å². The van der Waals surface area contributed by atoms with Crippen molar-refractivity contribution in [2.75, 3.05) is 11.9 Å². The normalized spacial score (nSPS) is 18.2. The highest BCUT2D eigenvalue weighted by Gasteiger charge is 2.30. The summed E-state index contributed by atoms with van der Waals surface area (Å²) in [6, 6.07) is 7.37. The molecule has 1 amide bonds. The van der Waals surface area contributed by atoms with Gasteiger partial charge in [-0.15, -0.1) is 0 Å². The quantitative estimate of drug-likeness (QED) is 0.766. The van der Waals surface area contributed by atoms with Gasteiger partial charge in [-0.1, -0.05) is 32.0 Å². The molecule has 1 aromatic rings. The van der Waals surface area contributed by atoms with Gasteiger partial charge < -0.3 is 15.7 Å². The lowest BCUT2D eigenvalue weighted by molar-refractivity contribution is -0.138. The molecule has 1 aromatic carbocycles. The lowest BCUT2D eigenvalue weighted by atomic mass is 9.97. The number of hydrogen-bond donors (Lipinski definition) is 3. The van der Waals surface area contributed by atoms with Gasteiger partial charge in [0.15, 0.2) is 0 Å². The van der Waals surface area contributed by atoms with Crippen LogP contribution in [0.25, 0.3) is 0 Å². The lowest BCUT2D eigenvalue weighted by Crippen LogP contribution is -2.42. The molecule has 0 bridgehead atoms. The number of benzene rings is 1. The zero-order valence-electron chi connectivity index (χ0n) is 11.7. The van der Waals surface area contributed by atoms with Gasteiger partial charge in [0.25, 0.3) is 0 Å². The van der Waals surface area contributed by atoms with Crippen molar-refractivity contribution in [1.82, 2.24) is 5.32 Å². The van der Waals surface area contributed by atoms with E-state index in [-0.39, 0.29) is 30.2 Å². The highest BCUT2D eigenvalue weighted by molar-refractivity contribution is 5.88. The highest BCUT2D eigenvalue weighted by Crippen LogP contribution is 2.31. The van der Waals surface area contributed by atoms with Gasteiger partial charge in [0.05, 0.1) is 12.3 Å². The topological polar surface area (TPSA) is 78.4 Å². The minimum Gasteiger partial charge on any atom is -0.481 e. The first-order valence-electron chi connectivity index (χ1n) is 6.84. The fourth-order valence-electron chi connectivity index (χ4n) is 2.44. The third-order valence-corrected chi connectivity index (χ3v) is 3.68. The van der Waals surface area contributed by atoms with E-state index in [1.807, 2.05) is 38.1 Å². The molecule has 20 heavy (non-hydrogen) atoms. The summed E-state index contributed by atoms with van der Waals surface area (Å²) in [5.74, 6) is -1.17. The summed E-state index contributed by atoms with van der Waals surface area (Å²) in [4.78, 5) is 23.2. The molecule has 2 atom stereocenters. The summed E-state index contributed by atoms with van der Waals surface area (Å²) in [5, 5.41) is 15.0. The Kier molecular flexibility index (Phi) is 4.27. The molecule has 0 aromatic heterocycles. The van der Waals surface area contributed by atoms with E-state index in [9.17, 15) is 9.59 Å². The highest BCUT2D eigenvalue weighted by atomic mass is 16.4. The van der Waals surface area contributed by atoms with E-state index in [0.717, 1.165) is 11.3 Å². The third-order valence-electron chi connectivity index (χ3n) is 3.68. The fourth-order valence-corrected chi connectivity index (χ4v) is 2.44. The van der Waals surface area contributed by atoms with Crippen molar-refractivity contribution in [3.8, 4) is 0 Å². The van der Waals surface area contributed by atoms with Crippen LogP contribution in [0.15, 0.2) is 24.3 Å². The fraction of sp³-hybridized carbons (Fsp3) is 0.467. The van der Waals surface area contributed by atoms with Gasteiger partial charge in [0.1, 0.15) is 0 Å². The summed E-state index contributed by atoms with van der Waals surface area (Å²) >= 11 is 0. The molecule has 0 aliphatic carbocycles. The van der Waals surface area contributed by atoms with Crippen LogP contribution in [0, 0.1) is 5.92 Å². The number of nitrogens with one attached hydrogen (secondary N) is 2. The zero-order chi connectivity index (χ0) is 14.7. The smallest absolute Gasteiger partial charge is 0.305 e. The molecule has 2 unspecified atom stereocenters. The van der Waals surface area contributed by atoms with Crippen molar-refractivity contribution in [3.63, 3.8) is 0 Å². The van der Waals surface area contributed by atoms with Gasteiger partial charge in [-0.05, 0) is 17.5 Å². The van der Waals surface area contributed by atoms with Crippen molar-refractivity contribution in [2.45, 2.75) is 32.2 Å². The van der Waals surface area contributed by atoms with Crippen LogP contribution in [0.1, 0.15) is 31.7 Å². The van der Waals surface area contributed by atoms with Crippen molar-refractivity contribution < 1.29 is 14.7 Å². The molecule has 0 saturated carbocycles. The van der Waals surface area contributed by atoms with Gasteiger partial charge in [-0.3, -0.25) is 9.59 Å². The first-order chi connectivity index (χ1) is 9.49. The number of amides is 1. The van der Waals surface area contributed by atoms with Crippen LogP contribution in [0.3, 0.4) is 0 Å². The molecule has 0 fully saturated rings. The Morgan fingerprint density at radius 1 is 1.40 bits per heavy atom. The van der Waals surface area contributed by atoms with E-state index in [1.165, 1.54) is 0 Å². The second-order valence-electron chi connectivity index (χ2n) is 5.48. The molecule has 108 valence electrons. The lowest BCUT2D eigenvalue weighted by Gasteiger charge is -2.22. The van der Waals surface area contributed by atoms with Crippen LogP contribution < -0.4 is 10.6 Å². The number of carbonyl (C=O) groups excluding carboxylic acids is 1. The molecule has 5 heteroatoms. The van der Waals surface area contributed by atoms with Crippen LogP contribution in [0.4, 0.5) is 5.69 Å². The largest absolute Gasteiger partial charge is 0.481 e. The van der Waals surface area contributed by atoms with Gasteiger partial charge >= 0.3 is 5.97 Å². The first kappa shape index (κ1) is 14.4. The zero-order valence-corrected chi connectivity index (χ0v) is 11.7. The molecule has 1 aliphatic rings. The predicted octanol–water partition coefficient (Wildman–Crippen LogP) is 1.81. The summed E-state index contributed by atoms with van der Waals surface area (Å²) in [6.07, 6.45) is -0.0504. The Balaban J connectivity index is 2.07. The number of carboxylic acid groups (broad SMARTS) is 1. The molecule has 5 nitrogen and oxygen atoms in total. The van der Waals surface area contributed by atoms with Crippen molar-refractivity contribution in [3.05, 3.63) is 29.8 Å². The SMILES string of the molecule is CC(C)C(CC(=O)O)NC(=O)C1CNc2ccccc21. The van der Waals surface area contributed by atoms with Crippen molar-refractivity contribution in [2.24, 2.45) is 5.92 Å². The Morgan fingerprint density at radius 3 is 2.75 bits per heavy atom. The average molecular weight is 276 g/mol. The number of aliphatic carboxylic acids is 1. The van der Waals surface area contributed by atoms with Gasteiger partial charge in [0.2, 0.25) is 5.91 Å². The number of rotatable bonds is 5. The van der Waals surface area contributed by atoms with E-state index in [1.54, 1.807) is 0 Å². The van der Waals surface area contributed by atoms with Crippen LogP contribution >= 0.6 is 0 Å². The Labute approximate surface area is 118 Å². The molecular formula is C15H20N2O3. The van der Waals surface area contributed by atoms with Crippen molar-refractivity contribution in [1.29, 1.82) is 0 Å². The Bertz CT molecular complexity index is 514. The third kappa shape index (κ3) is 3.10. The molecular weight excluding hydrogens is 256 g/mol. The Hall–Kier alpha value is -2.04. The van der Waals surface area contributed by atoms with Gasteiger partial charge in [0, 0.05) is 18.3 Å². The number of carbonyl (C=O) groups is 2. The van der Waals surface area contributed by atoms with E-state index in [4.69, 9.17) is 5.11 Å². The maximum atomic E-state index is 12.4. The molecule has 0 radical (unpaired) electrons. The number of fused-ring (bicyclic) bond motifs is 1. The molecule has 1 aliphatic heterocycles. The van der Waals surface area contributed by atoms with Crippen molar-refractivity contribution >= 4 is 17.6 Å². The monoisotopic (exact) mass is 276 g/mol. The molecule has 0 saturated heterocycles. The summed E-state index contributed by atoms with van der Waals surface area (Å²) in [6.45, 7) is 4.38. The number of anilines is 1. The van der Waals surface area contributed by atoms with E-state index >= 15 is 0 Å². The predicted molar refractivity (Wildman–Crippen MR) is 76.7 cm³/mol. The van der Waals surface area contributed by atoms with E-state index in [2.05, 4.69) is 10.6 Å². The maximum absolute atomic E-state index is 12.4. The van der Waals surface area contributed by atoms with Gasteiger partial charge in [-0.2, -0.15) is 0 Å². The minimum absolute atomic E-state index is 0.0504. The molecule has 1 heterocycles. The summed E-state index contributed by atoms with van der Waals surface area (Å²) < 4.78 is 0. The van der Waals surface area contributed by atoms with Crippen LogP contribution in [0.5, 0.6) is 0 Å². The van der Waals surface area contributed by atoms with Gasteiger partial charge in [-0.25, -0.2) is 0 Å². The molecule has 0 spiro atoms. The Morgan fingerprint density at radius 2 is 2.10 bits per heavy atom. The van der Waals surface area contributed by atoms with Crippen LogP contribution in [-0.4, -0.2) is 29.6 Å². The number of para-hydroxylation sites is 1. The summed E-state index contributed by atoms with van der Waals surface area (Å²) in [7, 11) is 0. The maximum Gasteiger partial charge on any atom is 0.305 e. The summed E-state index contributed by atoms with van der Waals surface area (Å²) in [5.41, 5.74) is 1.95. The van der Waals surface area contributed by atoms with E-state index in [0.29, 0.717) is 6.54 Å².